The Labute approximate surface area is 150 Å². The normalized spacial score (nSPS) is 16.3. The molecule has 1 aliphatic rings. The molecule has 0 saturated carbocycles. The molecule has 0 aromatic heterocycles. The van der Waals surface area contributed by atoms with Gasteiger partial charge in [-0.2, -0.15) is 4.62 Å². The van der Waals surface area contributed by atoms with Crippen LogP contribution in [0, 0.1) is 0 Å². The summed E-state index contributed by atoms with van der Waals surface area (Å²) in [5, 5.41) is 2.58. The summed E-state index contributed by atoms with van der Waals surface area (Å²) >= 11 is 0. The predicted octanol–water partition coefficient (Wildman–Crippen LogP) is 2.31. The van der Waals surface area contributed by atoms with Crippen LogP contribution in [0.1, 0.15) is 26.7 Å². The second kappa shape index (κ2) is 8.16. The lowest BCUT2D eigenvalue weighted by Crippen LogP contribution is -2.33. The predicted molar refractivity (Wildman–Crippen MR) is 90.4 cm³/mol. The van der Waals surface area contributed by atoms with E-state index in [4.69, 9.17) is 13.9 Å². The molecule has 2 rings (SSSR count). The van der Waals surface area contributed by atoms with Crippen molar-refractivity contribution in [3.05, 3.63) is 42.6 Å². The Morgan fingerprint density at radius 1 is 1.19 bits per heavy atom. The molecule has 1 heterocycles. The zero-order valence-electron chi connectivity index (χ0n) is 14.3. The number of hydrogen-bond donors (Lipinski definition) is 1. The molecule has 9 nitrogen and oxygen atoms in total. The van der Waals surface area contributed by atoms with E-state index in [0.717, 1.165) is 0 Å². The molecule has 1 N–H and O–H groups in total. The van der Waals surface area contributed by atoms with Gasteiger partial charge in [-0.25, -0.2) is 9.36 Å². The Bertz CT molecular complexity index is 747. The number of imide groups is 1. The zero-order chi connectivity index (χ0) is 19.3. The van der Waals surface area contributed by atoms with Gasteiger partial charge in [-0.05, 0) is 26.0 Å². The topological polar surface area (TPSA) is 111 Å². The number of hydrogen-bond acceptors (Lipinski definition) is 7. The van der Waals surface area contributed by atoms with E-state index in [0.29, 0.717) is 5.06 Å². The highest BCUT2D eigenvalue weighted by atomic mass is 31.2. The van der Waals surface area contributed by atoms with Gasteiger partial charge in [0.05, 0.1) is 6.10 Å². The van der Waals surface area contributed by atoms with Crippen molar-refractivity contribution in [2.75, 3.05) is 0 Å². The maximum absolute atomic E-state index is 13.1. The summed E-state index contributed by atoms with van der Waals surface area (Å²) in [5.74, 6) is -2.07. The van der Waals surface area contributed by atoms with Crippen LogP contribution in [0.2, 0.25) is 0 Å². The standard InChI is InChI=1S/C16H19N2O7P/c1-11(2)23-16(21)12(3)17-26(22,24-13-7-5-4-6-8-13)25-18-14(19)9-10-15(18)20/h4-8,11H,3,9-10H2,1-2H3,(H,17,22)/t26-/m0/s1. The molecule has 0 spiro atoms. The van der Waals surface area contributed by atoms with E-state index < -0.39 is 37.3 Å². The monoisotopic (exact) mass is 382 g/mol. The van der Waals surface area contributed by atoms with Crippen molar-refractivity contribution in [2.24, 2.45) is 0 Å². The average molecular weight is 382 g/mol. The van der Waals surface area contributed by atoms with Crippen molar-refractivity contribution < 1.29 is 32.8 Å². The van der Waals surface area contributed by atoms with Gasteiger partial charge in [-0.3, -0.25) is 14.7 Å². The third kappa shape index (κ3) is 5.18. The summed E-state index contributed by atoms with van der Waals surface area (Å²) < 4.78 is 28.3. The van der Waals surface area contributed by atoms with Crippen LogP contribution in [0.5, 0.6) is 5.75 Å². The molecule has 1 aromatic carbocycles. The Morgan fingerprint density at radius 2 is 1.77 bits per heavy atom. The minimum Gasteiger partial charge on any atom is -0.458 e. The van der Waals surface area contributed by atoms with Crippen molar-refractivity contribution in [3.63, 3.8) is 0 Å². The number of amides is 2. The van der Waals surface area contributed by atoms with Crippen LogP contribution in [0.4, 0.5) is 0 Å². The largest absolute Gasteiger partial charge is 0.508 e. The number of carbonyl (C=O) groups excluding carboxylic acids is 3. The number of benzene rings is 1. The van der Waals surface area contributed by atoms with Gasteiger partial charge in [0.15, 0.2) is 0 Å². The van der Waals surface area contributed by atoms with E-state index in [1.807, 2.05) is 0 Å². The van der Waals surface area contributed by atoms with Crippen LogP contribution in [-0.4, -0.2) is 29.0 Å². The maximum Gasteiger partial charge on any atom is 0.508 e. The lowest BCUT2D eigenvalue weighted by molar-refractivity contribution is -0.165. The second-order valence-corrected chi connectivity index (χ2v) is 7.17. The molecule has 1 saturated heterocycles. The summed E-state index contributed by atoms with van der Waals surface area (Å²) in [6, 6.07) is 7.92. The van der Waals surface area contributed by atoms with Gasteiger partial charge in [0, 0.05) is 12.8 Å². The SMILES string of the molecule is C=C(N[P@](=O)(Oc1ccccc1)ON1C(=O)CCC1=O)C(=O)OC(C)C. The van der Waals surface area contributed by atoms with Crippen molar-refractivity contribution >= 4 is 25.5 Å². The number of carbonyl (C=O) groups is 3. The molecule has 0 radical (unpaired) electrons. The molecular weight excluding hydrogens is 363 g/mol. The Balaban J connectivity index is 2.21. The quantitative estimate of drug-likeness (QED) is 0.316. The van der Waals surface area contributed by atoms with Crippen molar-refractivity contribution in [1.82, 2.24) is 10.2 Å². The zero-order valence-corrected chi connectivity index (χ0v) is 15.2. The molecule has 1 aliphatic heterocycles. The Hall–Kier alpha value is -2.64. The van der Waals surface area contributed by atoms with Crippen LogP contribution in [-0.2, 0) is 28.3 Å². The first-order valence-corrected chi connectivity index (χ1v) is 9.33. The molecule has 1 fully saturated rings. The van der Waals surface area contributed by atoms with Gasteiger partial charge in [-0.1, -0.05) is 24.8 Å². The highest BCUT2D eigenvalue weighted by molar-refractivity contribution is 7.52. The molecule has 2 amide bonds. The number of nitrogens with zero attached hydrogens (tertiary/aromatic N) is 1. The van der Waals surface area contributed by atoms with Gasteiger partial charge >= 0.3 is 13.7 Å². The highest BCUT2D eigenvalue weighted by Gasteiger charge is 2.40. The number of nitrogens with one attached hydrogen (secondary N) is 1. The summed E-state index contributed by atoms with van der Waals surface area (Å²) in [6.07, 6.45) is -0.570. The van der Waals surface area contributed by atoms with E-state index in [9.17, 15) is 18.9 Å². The third-order valence-electron chi connectivity index (χ3n) is 3.02. The maximum atomic E-state index is 13.1. The molecule has 1 aromatic rings. The van der Waals surface area contributed by atoms with Gasteiger partial charge in [0.25, 0.3) is 11.8 Å². The number of esters is 1. The van der Waals surface area contributed by atoms with Crippen LogP contribution < -0.4 is 9.61 Å². The highest BCUT2D eigenvalue weighted by Crippen LogP contribution is 2.47. The summed E-state index contributed by atoms with van der Waals surface area (Å²) in [5.41, 5.74) is -0.406. The molecule has 26 heavy (non-hydrogen) atoms. The molecule has 0 aliphatic carbocycles. The first-order chi connectivity index (χ1) is 12.2. The Morgan fingerprint density at radius 3 is 2.31 bits per heavy atom. The number of hydroxylamine groups is 2. The van der Waals surface area contributed by atoms with Crippen molar-refractivity contribution in [3.8, 4) is 5.75 Å². The fraction of sp³-hybridized carbons (Fsp3) is 0.312. The first-order valence-electron chi connectivity index (χ1n) is 7.78. The van der Waals surface area contributed by atoms with Crippen LogP contribution >= 0.6 is 7.75 Å². The average Bonchev–Trinajstić information content (AvgIpc) is 2.86. The first kappa shape index (κ1) is 19.7. The number of rotatable bonds is 8. The number of para-hydroxylation sites is 1. The van der Waals surface area contributed by atoms with E-state index in [-0.39, 0.29) is 18.6 Å². The molecular formula is C16H19N2O7P. The van der Waals surface area contributed by atoms with E-state index in [2.05, 4.69) is 11.7 Å². The summed E-state index contributed by atoms with van der Waals surface area (Å²) in [6.45, 7) is 6.70. The van der Waals surface area contributed by atoms with Crippen LogP contribution in [0.25, 0.3) is 0 Å². The molecule has 1 atom stereocenters. The van der Waals surface area contributed by atoms with Crippen molar-refractivity contribution in [1.29, 1.82) is 0 Å². The third-order valence-corrected chi connectivity index (χ3v) is 4.40. The molecule has 10 heteroatoms. The fourth-order valence-corrected chi connectivity index (χ4v) is 3.27. The smallest absolute Gasteiger partial charge is 0.458 e. The van der Waals surface area contributed by atoms with Crippen LogP contribution in [0.3, 0.4) is 0 Å². The van der Waals surface area contributed by atoms with E-state index in [1.165, 1.54) is 12.1 Å². The number of ether oxygens (including phenoxy) is 1. The Kier molecular flexibility index (Phi) is 6.18. The lowest BCUT2D eigenvalue weighted by atomic mass is 10.3. The van der Waals surface area contributed by atoms with Crippen LogP contribution in [0.15, 0.2) is 42.6 Å². The molecule has 0 unspecified atom stereocenters. The van der Waals surface area contributed by atoms with Gasteiger partial charge < -0.3 is 9.26 Å². The lowest BCUT2D eigenvalue weighted by Gasteiger charge is -2.24. The summed E-state index contributed by atoms with van der Waals surface area (Å²) in [4.78, 5) is 35.4. The van der Waals surface area contributed by atoms with E-state index >= 15 is 0 Å². The fourth-order valence-electron chi connectivity index (χ4n) is 1.93. The van der Waals surface area contributed by atoms with Gasteiger partial charge in [0.2, 0.25) is 0 Å². The van der Waals surface area contributed by atoms with Crippen molar-refractivity contribution in [2.45, 2.75) is 32.8 Å². The second-order valence-electron chi connectivity index (χ2n) is 5.61. The molecule has 0 bridgehead atoms. The van der Waals surface area contributed by atoms with Gasteiger partial charge in [-0.15, -0.1) is 5.06 Å². The summed E-state index contributed by atoms with van der Waals surface area (Å²) in [7, 11) is -4.38. The van der Waals surface area contributed by atoms with E-state index in [1.54, 1.807) is 32.0 Å². The molecule has 140 valence electrons. The van der Waals surface area contributed by atoms with Gasteiger partial charge in [0.1, 0.15) is 11.4 Å². The minimum absolute atomic E-state index is 0.0689. The minimum atomic E-state index is -4.38.